The Morgan fingerprint density at radius 2 is 1.85 bits per heavy atom. The summed E-state index contributed by atoms with van der Waals surface area (Å²) < 4.78 is 2.14. The summed E-state index contributed by atoms with van der Waals surface area (Å²) in [5.74, 6) is 0.0757. The summed E-state index contributed by atoms with van der Waals surface area (Å²) in [5, 5.41) is 6.33. The van der Waals surface area contributed by atoms with Gasteiger partial charge in [-0.2, -0.15) is 0 Å². The summed E-state index contributed by atoms with van der Waals surface area (Å²) in [7, 11) is 2.06. The molecule has 1 amide bonds. The third-order valence-corrected chi connectivity index (χ3v) is 5.90. The fourth-order valence-corrected chi connectivity index (χ4v) is 4.38. The minimum atomic E-state index is 0.0326. The molecule has 0 bridgehead atoms. The fourth-order valence-electron chi connectivity index (χ4n) is 3.54. The molecule has 0 saturated heterocycles. The van der Waals surface area contributed by atoms with Crippen LogP contribution in [0.15, 0.2) is 72.2 Å². The average molecular weight is 375 g/mol. The number of aryl methyl sites for hydroxylation is 2. The molecule has 3 nitrogen and oxygen atoms in total. The van der Waals surface area contributed by atoms with Gasteiger partial charge in [0.1, 0.15) is 0 Å². The van der Waals surface area contributed by atoms with Gasteiger partial charge in [-0.05, 0) is 42.1 Å². The molecule has 1 unspecified atom stereocenters. The van der Waals surface area contributed by atoms with E-state index in [1.54, 1.807) is 11.3 Å². The summed E-state index contributed by atoms with van der Waals surface area (Å²) in [6.07, 6.45) is 2.58. The van der Waals surface area contributed by atoms with Gasteiger partial charge in [0.05, 0.1) is 0 Å². The van der Waals surface area contributed by atoms with Gasteiger partial charge in [0.25, 0.3) is 0 Å². The second-order valence-corrected chi connectivity index (χ2v) is 7.88. The van der Waals surface area contributed by atoms with Crippen LogP contribution in [0.3, 0.4) is 0 Å². The van der Waals surface area contributed by atoms with Crippen molar-refractivity contribution in [2.75, 3.05) is 5.32 Å². The smallest absolute Gasteiger partial charge is 0.225 e. The van der Waals surface area contributed by atoms with E-state index in [0.29, 0.717) is 6.42 Å². The first-order valence-corrected chi connectivity index (χ1v) is 9.93. The van der Waals surface area contributed by atoms with Crippen molar-refractivity contribution in [3.05, 3.63) is 88.2 Å². The first-order chi connectivity index (χ1) is 13.1. The molecule has 1 atom stereocenters. The molecule has 2 aromatic carbocycles. The fraction of sp³-hybridized carbons (Fsp3) is 0.174. The van der Waals surface area contributed by atoms with Crippen molar-refractivity contribution in [1.82, 2.24) is 4.57 Å². The van der Waals surface area contributed by atoms with Crippen LogP contribution in [0.1, 0.15) is 28.3 Å². The first kappa shape index (κ1) is 17.6. The highest BCUT2D eigenvalue weighted by atomic mass is 32.1. The lowest BCUT2D eigenvalue weighted by Crippen LogP contribution is -2.16. The predicted octanol–water partition coefficient (Wildman–Crippen LogP) is 5.71. The van der Waals surface area contributed by atoms with E-state index in [1.807, 2.05) is 31.2 Å². The van der Waals surface area contributed by atoms with E-state index in [9.17, 15) is 4.79 Å². The number of aromatic nitrogens is 1. The van der Waals surface area contributed by atoms with E-state index >= 15 is 0 Å². The van der Waals surface area contributed by atoms with Gasteiger partial charge < -0.3 is 9.88 Å². The molecule has 2 aromatic heterocycles. The van der Waals surface area contributed by atoms with Crippen LogP contribution in [0.2, 0.25) is 0 Å². The number of hydrogen-bond acceptors (Lipinski definition) is 2. The van der Waals surface area contributed by atoms with Crippen LogP contribution in [-0.4, -0.2) is 10.5 Å². The van der Waals surface area contributed by atoms with Crippen molar-refractivity contribution in [2.45, 2.75) is 19.3 Å². The maximum absolute atomic E-state index is 12.8. The Labute approximate surface area is 163 Å². The van der Waals surface area contributed by atoms with Crippen LogP contribution < -0.4 is 5.32 Å². The molecular formula is C23H22N2OS. The van der Waals surface area contributed by atoms with E-state index in [-0.39, 0.29) is 11.8 Å². The molecule has 4 heteroatoms. The first-order valence-electron chi connectivity index (χ1n) is 9.05. The second kappa shape index (κ2) is 7.41. The molecule has 27 heavy (non-hydrogen) atoms. The normalized spacial score (nSPS) is 12.2. The van der Waals surface area contributed by atoms with E-state index in [4.69, 9.17) is 0 Å². The maximum Gasteiger partial charge on any atom is 0.225 e. The zero-order valence-corrected chi connectivity index (χ0v) is 16.3. The summed E-state index contributed by atoms with van der Waals surface area (Å²) in [6, 6.07) is 20.5. The minimum absolute atomic E-state index is 0.0326. The number of carbonyl (C=O) groups excluding carboxylic acids is 1. The Kier molecular flexibility index (Phi) is 4.82. The van der Waals surface area contributed by atoms with Crippen molar-refractivity contribution in [1.29, 1.82) is 0 Å². The van der Waals surface area contributed by atoms with Gasteiger partial charge in [0.2, 0.25) is 5.91 Å². The van der Waals surface area contributed by atoms with Gasteiger partial charge in [0.15, 0.2) is 0 Å². The van der Waals surface area contributed by atoms with Crippen LogP contribution in [0.25, 0.3) is 10.9 Å². The molecule has 0 spiro atoms. The number of hydrogen-bond donors (Lipinski definition) is 1. The van der Waals surface area contributed by atoms with E-state index < -0.39 is 0 Å². The second-order valence-electron chi connectivity index (χ2n) is 6.90. The highest BCUT2D eigenvalue weighted by molar-refractivity contribution is 7.10. The van der Waals surface area contributed by atoms with Crippen LogP contribution in [0.4, 0.5) is 5.69 Å². The molecule has 1 N–H and O–H groups in total. The largest absolute Gasteiger partial charge is 0.350 e. The van der Waals surface area contributed by atoms with Crippen LogP contribution >= 0.6 is 11.3 Å². The third-order valence-electron chi connectivity index (χ3n) is 4.91. The standard InChI is InChI=1S/C23H22N2OS/c1-16-9-11-17(12-10-16)24-23(26)14-19(22-8-5-13-27-22)20-15-25(2)21-7-4-3-6-18(20)21/h3-13,15,19H,14H2,1-2H3,(H,24,26). The summed E-state index contributed by atoms with van der Waals surface area (Å²) in [6.45, 7) is 2.04. The van der Waals surface area contributed by atoms with E-state index in [2.05, 4.69) is 64.9 Å². The van der Waals surface area contributed by atoms with Crippen molar-refractivity contribution in [3.63, 3.8) is 0 Å². The van der Waals surface area contributed by atoms with Gasteiger partial charge in [-0.15, -0.1) is 11.3 Å². The zero-order valence-electron chi connectivity index (χ0n) is 15.5. The zero-order chi connectivity index (χ0) is 18.8. The average Bonchev–Trinajstić information content (AvgIpc) is 3.31. The molecule has 0 radical (unpaired) electrons. The molecule has 136 valence electrons. The predicted molar refractivity (Wildman–Crippen MR) is 114 cm³/mol. The van der Waals surface area contributed by atoms with Gasteiger partial charge in [-0.3, -0.25) is 4.79 Å². The number of benzene rings is 2. The topological polar surface area (TPSA) is 34.0 Å². The molecule has 0 aliphatic carbocycles. The Bertz CT molecular complexity index is 1060. The quantitative estimate of drug-likeness (QED) is 0.477. The number of nitrogens with one attached hydrogen (secondary N) is 1. The number of rotatable bonds is 5. The molecule has 0 fully saturated rings. The SMILES string of the molecule is Cc1ccc(NC(=O)CC(c2cccs2)c2cn(C)c3ccccc23)cc1. The molecule has 4 rings (SSSR count). The Morgan fingerprint density at radius 1 is 1.07 bits per heavy atom. The lowest BCUT2D eigenvalue weighted by molar-refractivity contribution is -0.116. The summed E-state index contributed by atoms with van der Waals surface area (Å²) in [4.78, 5) is 14.0. The number of para-hydroxylation sites is 1. The Hall–Kier alpha value is -2.85. The van der Waals surface area contributed by atoms with E-state index in [0.717, 1.165) is 5.69 Å². The van der Waals surface area contributed by atoms with Crippen molar-refractivity contribution < 1.29 is 4.79 Å². The maximum atomic E-state index is 12.8. The Balaban J connectivity index is 1.66. The third kappa shape index (κ3) is 3.67. The summed E-state index contributed by atoms with van der Waals surface area (Å²) in [5.41, 5.74) is 4.41. The summed E-state index contributed by atoms with van der Waals surface area (Å²) >= 11 is 1.70. The highest BCUT2D eigenvalue weighted by Crippen LogP contribution is 2.36. The van der Waals surface area contributed by atoms with Crippen LogP contribution in [-0.2, 0) is 11.8 Å². The van der Waals surface area contributed by atoms with Gasteiger partial charge >= 0.3 is 0 Å². The highest BCUT2D eigenvalue weighted by Gasteiger charge is 2.23. The van der Waals surface area contributed by atoms with Gasteiger partial charge in [0, 0.05) is 47.1 Å². The number of carbonyl (C=O) groups is 1. The minimum Gasteiger partial charge on any atom is -0.350 e. The Morgan fingerprint density at radius 3 is 2.59 bits per heavy atom. The van der Waals surface area contributed by atoms with Crippen molar-refractivity contribution in [2.24, 2.45) is 7.05 Å². The number of nitrogens with zero attached hydrogens (tertiary/aromatic N) is 1. The van der Waals surface area contributed by atoms with Crippen molar-refractivity contribution >= 4 is 33.8 Å². The number of thiophene rings is 1. The number of amides is 1. The van der Waals surface area contributed by atoms with Gasteiger partial charge in [-0.25, -0.2) is 0 Å². The van der Waals surface area contributed by atoms with Crippen LogP contribution in [0, 0.1) is 6.92 Å². The lowest BCUT2D eigenvalue weighted by Gasteiger charge is -2.15. The number of anilines is 1. The van der Waals surface area contributed by atoms with E-state index in [1.165, 1.54) is 26.9 Å². The number of fused-ring (bicyclic) bond motifs is 1. The molecule has 4 aromatic rings. The molecule has 0 aliphatic rings. The van der Waals surface area contributed by atoms with Crippen molar-refractivity contribution in [3.8, 4) is 0 Å². The molecule has 2 heterocycles. The van der Waals surface area contributed by atoms with Gasteiger partial charge in [-0.1, -0.05) is 42.0 Å². The molecule has 0 aliphatic heterocycles. The monoisotopic (exact) mass is 374 g/mol. The lowest BCUT2D eigenvalue weighted by atomic mass is 9.93. The molecular weight excluding hydrogens is 352 g/mol. The molecule has 0 saturated carbocycles. The van der Waals surface area contributed by atoms with Crippen LogP contribution in [0.5, 0.6) is 0 Å².